The van der Waals surface area contributed by atoms with E-state index in [-0.39, 0.29) is 0 Å². The fourth-order valence-electron chi connectivity index (χ4n) is 3.61. The van der Waals surface area contributed by atoms with Crippen LogP contribution >= 0.6 is 0 Å². The summed E-state index contributed by atoms with van der Waals surface area (Å²) in [5, 5.41) is 8.80. The molecular weight excluding hydrogens is 220 g/mol. The molecule has 2 fully saturated rings. The van der Waals surface area contributed by atoms with Gasteiger partial charge in [-0.1, -0.05) is 18.6 Å². The molecule has 0 N–H and O–H groups in total. The maximum atomic E-state index is 8.80. The Morgan fingerprint density at radius 1 is 1.11 bits per heavy atom. The van der Waals surface area contributed by atoms with Gasteiger partial charge < -0.3 is 0 Å². The first-order valence-electron chi connectivity index (χ1n) is 7.05. The average Bonchev–Trinajstić information content (AvgIpc) is 2.39. The lowest BCUT2D eigenvalue weighted by Gasteiger charge is -2.41. The number of fused-ring (bicyclic) bond motifs is 2. The van der Waals surface area contributed by atoms with Gasteiger partial charge in [0, 0.05) is 19.6 Å². The second kappa shape index (κ2) is 5.12. The summed E-state index contributed by atoms with van der Waals surface area (Å²) in [7, 11) is 0. The van der Waals surface area contributed by atoms with Crippen LogP contribution in [0.2, 0.25) is 0 Å². The Hall–Kier alpha value is -1.33. The number of likely N-dealkylation sites (tertiary alicyclic amines) is 1. The van der Waals surface area contributed by atoms with Gasteiger partial charge in [0.1, 0.15) is 0 Å². The van der Waals surface area contributed by atoms with Crippen molar-refractivity contribution in [3.63, 3.8) is 0 Å². The van der Waals surface area contributed by atoms with E-state index in [1.165, 1.54) is 44.3 Å². The van der Waals surface area contributed by atoms with Crippen molar-refractivity contribution in [1.29, 1.82) is 5.26 Å². The third-order valence-electron chi connectivity index (χ3n) is 4.41. The van der Waals surface area contributed by atoms with Crippen molar-refractivity contribution in [2.45, 2.75) is 32.2 Å². The Kier molecular flexibility index (Phi) is 3.34. The van der Waals surface area contributed by atoms with Crippen molar-refractivity contribution in [2.24, 2.45) is 11.8 Å². The number of nitrogens with zero attached hydrogens (tertiary/aromatic N) is 2. The number of piperidine rings is 1. The molecule has 2 aliphatic rings. The van der Waals surface area contributed by atoms with E-state index in [1.54, 1.807) is 0 Å². The van der Waals surface area contributed by atoms with Crippen LogP contribution in [0.25, 0.3) is 0 Å². The van der Waals surface area contributed by atoms with Gasteiger partial charge in [-0.15, -0.1) is 0 Å². The first kappa shape index (κ1) is 11.7. The van der Waals surface area contributed by atoms with Gasteiger partial charge in [-0.2, -0.15) is 5.26 Å². The summed E-state index contributed by atoms with van der Waals surface area (Å²) in [5.74, 6) is 1.88. The quantitative estimate of drug-likeness (QED) is 0.794. The number of benzene rings is 1. The van der Waals surface area contributed by atoms with Crippen LogP contribution in [0.3, 0.4) is 0 Å². The van der Waals surface area contributed by atoms with Crippen LogP contribution < -0.4 is 0 Å². The Morgan fingerprint density at radius 3 is 2.39 bits per heavy atom. The van der Waals surface area contributed by atoms with E-state index in [9.17, 15) is 0 Å². The van der Waals surface area contributed by atoms with Crippen LogP contribution in [0.1, 0.15) is 36.8 Å². The van der Waals surface area contributed by atoms with E-state index in [4.69, 9.17) is 5.26 Å². The largest absolute Gasteiger partial charge is 0.299 e. The van der Waals surface area contributed by atoms with Crippen molar-refractivity contribution in [2.75, 3.05) is 13.1 Å². The molecule has 94 valence electrons. The SMILES string of the molecule is N#Cc1ccc(CN2CC3CCCC(C3)C2)cc1. The molecule has 1 aliphatic heterocycles. The molecule has 1 aromatic carbocycles. The van der Waals surface area contributed by atoms with Gasteiger partial charge >= 0.3 is 0 Å². The molecule has 0 spiro atoms. The van der Waals surface area contributed by atoms with Crippen molar-refractivity contribution >= 4 is 0 Å². The molecule has 1 heterocycles. The summed E-state index contributed by atoms with van der Waals surface area (Å²) in [6.07, 6.45) is 5.77. The van der Waals surface area contributed by atoms with Crippen LogP contribution in [0.15, 0.2) is 24.3 Å². The maximum Gasteiger partial charge on any atom is 0.0991 e. The zero-order valence-electron chi connectivity index (χ0n) is 10.8. The normalized spacial score (nSPS) is 27.7. The first-order chi connectivity index (χ1) is 8.83. The number of hydrogen-bond donors (Lipinski definition) is 0. The molecule has 0 aromatic heterocycles. The molecule has 1 saturated heterocycles. The highest BCUT2D eigenvalue weighted by Gasteiger charge is 2.30. The minimum Gasteiger partial charge on any atom is -0.299 e. The molecule has 0 amide bonds. The van der Waals surface area contributed by atoms with Crippen LogP contribution in [0.5, 0.6) is 0 Å². The lowest BCUT2D eigenvalue weighted by atomic mass is 9.78. The summed E-state index contributed by atoms with van der Waals surface area (Å²) >= 11 is 0. The monoisotopic (exact) mass is 240 g/mol. The zero-order valence-corrected chi connectivity index (χ0v) is 10.8. The van der Waals surface area contributed by atoms with Crippen LogP contribution in [-0.2, 0) is 6.54 Å². The molecule has 1 aromatic rings. The first-order valence-corrected chi connectivity index (χ1v) is 7.05. The molecule has 0 radical (unpaired) electrons. The Morgan fingerprint density at radius 2 is 1.78 bits per heavy atom. The van der Waals surface area contributed by atoms with Crippen molar-refractivity contribution in [3.05, 3.63) is 35.4 Å². The molecule has 18 heavy (non-hydrogen) atoms. The zero-order chi connectivity index (χ0) is 12.4. The smallest absolute Gasteiger partial charge is 0.0991 e. The summed E-state index contributed by atoms with van der Waals surface area (Å²) in [5.41, 5.74) is 2.10. The van der Waals surface area contributed by atoms with Crippen molar-refractivity contribution in [1.82, 2.24) is 4.90 Å². The highest BCUT2D eigenvalue weighted by atomic mass is 15.1. The van der Waals surface area contributed by atoms with E-state index >= 15 is 0 Å². The van der Waals surface area contributed by atoms with Crippen LogP contribution in [0, 0.1) is 23.2 Å². The fraction of sp³-hybridized carbons (Fsp3) is 0.562. The van der Waals surface area contributed by atoms with Gasteiger partial charge in [-0.25, -0.2) is 0 Å². The van der Waals surface area contributed by atoms with E-state index in [2.05, 4.69) is 23.1 Å². The predicted octanol–water partition coefficient (Wildman–Crippen LogP) is 3.18. The molecule has 2 nitrogen and oxygen atoms in total. The highest BCUT2D eigenvalue weighted by molar-refractivity contribution is 5.31. The molecule has 1 aliphatic carbocycles. The van der Waals surface area contributed by atoms with Crippen LogP contribution in [0.4, 0.5) is 0 Å². The maximum absolute atomic E-state index is 8.80. The van der Waals surface area contributed by atoms with Gasteiger partial charge in [-0.05, 0) is 48.8 Å². The third kappa shape index (κ3) is 2.57. The molecule has 2 atom stereocenters. The lowest BCUT2D eigenvalue weighted by molar-refractivity contribution is 0.0808. The number of hydrogen-bond acceptors (Lipinski definition) is 2. The minimum atomic E-state index is 0.759. The van der Waals surface area contributed by atoms with Gasteiger partial charge in [0.25, 0.3) is 0 Å². The van der Waals surface area contributed by atoms with Crippen molar-refractivity contribution in [3.8, 4) is 6.07 Å². The fourth-order valence-corrected chi connectivity index (χ4v) is 3.61. The van der Waals surface area contributed by atoms with Gasteiger partial charge in [-0.3, -0.25) is 4.90 Å². The van der Waals surface area contributed by atoms with E-state index in [0.29, 0.717) is 0 Å². The molecule has 2 unspecified atom stereocenters. The molecule has 2 bridgehead atoms. The molecule has 3 rings (SSSR count). The number of rotatable bonds is 2. The Labute approximate surface area is 109 Å². The summed E-state index contributed by atoms with van der Waals surface area (Å²) in [4.78, 5) is 2.61. The summed E-state index contributed by atoms with van der Waals surface area (Å²) in [6, 6.07) is 10.2. The number of nitriles is 1. The second-order valence-electron chi connectivity index (χ2n) is 5.90. The topological polar surface area (TPSA) is 27.0 Å². The summed E-state index contributed by atoms with van der Waals surface area (Å²) < 4.78 is 0. The Balaban J connectivity index is 1.63. The standard InChI is InChI=1S/C16H20N2/c17-9-13-4-6-14(7-5-13)10-18-11-15-2-1-3-16(8-15)12-18/h4-7,15-16H,1-3,8,10-12H2. The second-order valence-corrected chi connectivity index (χ2v) is 5.90. The summed E-state index contributed by atoms with van der Waals surface area (Å²) in [6.45, 7) is 3.60. The van der Waals surface area contributed by atoms with E-state index in [0.717, 1.165) is 23.9 Å². The molecule has 1 saturated carbocycles. The predicted molar refractivity (Wildman–Crippen MR) is 71.9 cm³/mol. The van der Waals surface area contributed by atoms with Gasteiger partial charge in [0.2, 0.25) is 0 Å². The molecular formula is C16H20N2. The average molecular weight is 240 g/mol. The van der Waals surface area contributed by atoms with Crippen LogP contribution in [-0.4, -0.2) is 18.0 Å². The third-order valence-corrected chi connectivity index (χ3v) is 4.41. The molecule has 2 heteroatoms. The minimum absolute atomic E-state index is 0.759. The van der Waals surface area contributed by atoms with E-state index in [1.807, 2.05) is 12.1 Å². The van der Waals surface area contributed by atoms with Gasteiger partial charge in [0.15, 0.2) is 0 Å². The Bertz CT molecular complexity index is 431. The van der Waals surface area contributed by atoms with E-state index < -0.39 is 0 Å². The van der Waals surface area contributed by atoms with Gasteiger partial charge in [0.05, 0.1) is 11.6 Å². The lowest BCUT2D eigenvalue weighted by Crippen LogP contribution is -2.42. The highest BCUT2D eigenvalue weighted by Crippen LogP contribution is 2.34. The van der Waals surface area contributed by atoms with Crippen molar-refractivity contribution < 1.29 is 0 Å².